The molecule has 0 aromatic heterocycles. The fourth-order valence-corrected chi connectivity index (χ4v) is 10.5. The van der Waals surface area contributed by atoms with Gasteiger partial charge in [-0.05, 0) is 45.4 Å². The van der Waals surface area contributed by atoms with E-state index in [1.54, 1.807) is 0 Å². The van der Waals surface area contributed by atoms with E-state index >= 15 is 4.79 Å². The van der Waals surface area contributed by atoms with E-state index in [2.05, 4.69) is 48.6 Å². The Morgan fingerprint density at radius 3 is 1.04 bits per heavy atom. The molecule has 11 atom stereocenters. The summed E-state index contributed by atoms with van der Waals surface area (Å²) >= 11 is 0. The summed E-state index contributed by atoms with van der Waals surface area (Å²) in [5, 5.41) is 0. The summed E-state index contributed by atoms with van der Waals surface area (Å²) < 4.78 is 56.1. The third-order valence-electron chi connectivity index (χ3n) is 14.2. The Balaban J connectivity index is 1.04. The van der Waals surface area contributed by atoms with E-state index < -0.39 is 54.9 Å². The molecule has 374 valence electrons. The standard InChI is InChI=1S/C64H64O9/c65-56(53-37-22-38-54-55(53)58(67-40-47-25-10-2-11-26-47)60(68-41-48-27-12-3-13-28-48)57(54)66-39-46-23-8-1-9-24-46)59-61(69-42-49-29-14-4-15-30-49)62(70-43-50-31-16-5-17-32-50)63(71-44-51-33-18-6-19-34-51)64(73-59)72-45-52-35-20-7-21-36-52/h1-36,38,53-55,57-64H,37,39-45H2/t53-,54+,55+,57+,58+,59+,60-,61+,62-,63-,64-/m0/s1. The van der Waals surface area contributed by atoms with Gasteiger partial charge in [0.15, 0.2) is 12.1 Å². The molecule has 3 aliphatic rings. The van der Waals surface area contributed by atoms with Crippen molar-refractivity contribution < 1.29 is 42.7 Å². The number of allylic oxidation sites excluding steroid dienone is 1. The SMILES string of the molecule is O=C([C@H]1CC=C[C@H]2[C@@H](OCc3ccccc3)[C@H](OCc3ccccc3)[C@H](OCc3ccccc3)[C@@H]21)[C@H]1O[C@H](OCc2ccccc2)[C@@H](OCc2ccccc2)[C@@H](OCc2ccccc2)[C@@H]1OCc1ccccc1. The Bertz CT molecular complexity index is 2730. The van der Waals surface area contributed by atoms with Crippen molar-refractivity contribution in [3.05, 3.63) is 263 Å². The van der Waals surface area contributed by atoms with E-state index in [9.17, 15) is 0 Å². The fraction of sp³-hybridized carbons (Fsp3) is 0.297. The zero-order valence-corrected chi connectivity index (χ0v) is 41.0. The average Bonchev–Trinajstić information content (AvgIpc) is 3.76. The van der Waals surface area contributed by atoms with Crippen LogP contribution in [-0.2, 0) is 88.9 Å². The van der Waals surface area contributed by atoms with Gasteiger partial charge in [-0.3, -0.25) is 4.79 Å². The first-order chi connectivity index (χ1) is 36.1. The number of carbonyl (C=O) groups is 1. The van der Waals surface area contributed by atoms with Crippen molar-refractivity contribution in [1.82, 2.24) is 0 Å². The van der Waals surface area contributed by atoms with Crippen LogP contribution < -0.4 is 0 Å². The molecule has 1 aliphatic heterocycles. The van der Waals surface area contributed by atoms with Crippen LogP contribution in [0.1, 0.15) is 45.4 Å². The minimum atomic E-state index is -1.14. The van der Waals surface area contributed by atoms with E-state index in [0.717, 1.165) is 38.9 Å². The quantitative estimate of drug-likeness (QED) is 0.0581. The Morgan fingerprint density at radius 2 is 0.658 bits per heavy atom. The van der Waals surface area contributed by atoms with Gasteiger partial charge < -0.3 is 37.9 Å². The molecule has 7 aromatic carbocycles. The molecule has 2 fully saturated rings. The van der Waals surface area contributed by atoms with Gasteiger partial charge >= 0.3 is 0 Å². The van der Waals surface area contributed by atoms with Crippen LogP contribution in [0.3, 0.4) is 0 Å². The van der Waals surface area contributed by atoms with Crippen LogP contribution in [0.5, 0.6) is 0 Å². The molecule has 10 rings (SSSR count). The smallest absolute Gasteiger partial charge is 0.187 e. The molecule has 0 spiro atoms. The Morgan fingerprint density at radius 1 is 0.356 bits per heavy atom. The zero-order chi connectivity index (χ0) is 49.4. The first-order valence-electron chi connectivity index (χ1n) is 25.6. The van der Waals surface area contributed by atoms with E-state index in [1.165, 1.54) is 0 Å². The van der Waals surface area contributed by atoms with Crippen LogP contribution >= 0.6 is 0 Å². The largest absolute Gasteiger partial charge is 0.370 e. The van der Waals surface area contributed by atoms with Crippen molar-refractivity contribution >= 4 is 5.78 Å². The van der Waals surface area contributed by atoms with E-state index in [-0.39, 0.29) is 44.0 Å². The summed E-state index contributed by atoms with van der Waals surface area (Å²) in [6, 6.07) is 70.5. The topological polar surface area (TPSA) is 90.9 Å². The van der Waals surface area contributed by atoms with Crippen molar-refractivity contribution in [3.8, 4) is 0 Å². The van der Waals surface area contributed by atoms with Gasteiger partial charge in [-0.15, -0.1) is 0 Å². The maximum Gasteiger partial charge on any atom is 0.187 e. The predicted molar refractivity (Wildman–Crippen MR) is 279 cm³/mol. The number of hydrogen-bond donors (Lipinski definition) is 0. The van der Waals surface area contributed by atoms with Crippen LogP contribution in [0.15, 0.2) is 224 Å². The molecule has 1 saturated carbocycles. The highest BCUT2D eigenvalue weighted by Crippen LogP contribution is 2.49. The van der Waals surface area contributed by atoms with Gasteiger partial charge in [0, 0.05) is 17.8 Å². The van der Waals surface area contributed by atoms with Gasteiger partial charge in [0.25, 0.3) is 0 Å². The first kappa shape index (κ1) is 50.2. The lowest BCUT2D eigenvalue weighted by Crippen LogP contribution is -2.63. The van der Waals surface area contributed by atoms with Crippen molar-refractivity contribution in [2.45, 2.75) is 102 Å². The highest BCUT2D eigenvalue weighted by molar-refractivity contribution is 5.87. The summed E-state index contributed by atoms with van der Waals surface area (Å²) in [6.45, 7) is 1.94. The van der Waals surface area contributed by atoms with Gasteiger partial charge in [-0.1, -0.05) is 224 Å². The third-order valence-corrected chi connectivity index (χ3v) is 14.2. The summed E-state index contributed by atoms with van der Waals surface area (Å²) in [4.78, 5) is 16.3. The molecule has 1 saturated heterocycles. The second-order valence-electron chi connectivity index (χ2n) is 19.1. The Labute approximate surface area is 429 Å². The second kappa shape index (κ2) is 25.5. The molecule has 1 heterocycles. The lowest BCUT2D eigenvalue weighted by Gasteiger charge is -2.47. The summed E-state index contributed by atoms with van der Waals surface area (Å²) in [7, 11) is 0. The van der Waals surface area contributed by atoms with Crippen molar-refractivity contribution in [1.29, 1.82) is 0 Å². The second-order valence-corrected chi connectivity index (χ2v) is 19.1. The lowest BCUT2D eigenvalue weighted by molar-refractivity contribution is -0.320. The number of fused-ring (bicyclic) bond motifs is 1. The van der Waals surface area contributed by atoms with Crippen LogP contribution in [0.4, 0.5) is 0 Å². The zero-order valence-electron chi connectivity index (χ0n) is 41.0. The number of rotatable bonds is 23. The molecular formula is C64H64O9. The van der Waals surface area contributed by atoms with E-state index in [0.29, 0.717) is 26.2 Å². The minimum Gasteiger partial charge on any atom is -0.370 e. The molecule has 9 heteroatoms. The number of Topliss-reactive ketones (excluding diaryl/α,β-unsaturated/α-hetero) is 1. The normalized spacial score (nSPS) is 25.5. The van der Waals surface area contributed by atoms with Gasteiger partial charge in [-0.25, -0.2) is 0 Å². The number of benzene rings is 7. The van der Waals surface area contributed by atoms with E-state index in [4.69, 9.17) is 37.9 Å². The van der Waals surface area contributed by atoms with E-state index in [1.807, 2.05) is 176 Å². The average molecular weight is 977 g/mol. The van der Waals surface area contributed by atoms with Crippen molar-refractivity contribution in [3.63, 3.8) is 0 Å². The van der Waals surface area contributed by atoms with Crippen molar-refractivity contribution in [2.75, 3.05) is 0 Å². The first-order valence-corrected chi connectivity index (χ1v) is 25.6. The fourth-order valence-electron chi connectivity index (χ4n) is 10.5. The van der Waals surface area contributed by atoms with Crippen molar-refractivity contribution in [2.24, 2.45) is 17.8 Å². The number of ether oxygens (including phenoxy) is 8. The molecular weight excluding hydrogens is 913 g/mol. The minimum absolute atomic E-state index is 0.126. The number of hydrogen-bond acceptors (Lipinski definition) is 9. The maximum absolute atomic E-state index is 16.3. The highest BCUT2D eigenvalue weighted by atomic mass is 16.7. The summed E-state index contributed by atoms with van der Waals surface area (Å²) in [5.74, 6) is -1.32. The van der Waals surface area contributed by atoms with Gasteiger partial charge in [0.1, 0.15) is 30.5 Å². The number of carbonyl (C=O) groups excluding carboxylic acids is 1. The van der Waals surface area contributed by atoms with Crippen LogP contribution in [0.25, 0.3) is 0 Å². The monoisotopic (exact) mass is 976 g/mol. The Kier molecular flexibility index (Phi) is 17.5. The molecule has 0 N–H and O–H groups in total. The third kappa shape index (κ3) is 13.1. The predicted octanol–water partition coefficient (Wildman–Crippen LogP) is 11.8. The van der Waals surface area contributed by atoms with Gasteiger partial charge in [0.2, 0.25) is 0 Å². The molecule has 2 aliphatic carbocycles. The molecule has 0 amide bonds. The molecule has 0 radical (unpaired) electrons. The highest BCUT2D eigenvalue weighted by Gasteiger charge is 2.60. The lowest BCUT2D eigenvalue weighted by atomic mass is 9.72. The molecule has 0 unspecified atom stereocenters. The van der Waals surface area contributed by atoms with Crippen LogP contribution in [-0.4, -0.2) is 54.8 Å². The van der Waals surface area contributed by atoms with Crippen LogP contribution in [0, 0.1) is 17.8 Å². The summed E-state index contributed by atoms with van der Waals surface area (Å²) in [5.41, 5.74) is 6.94. The number of ketones is 1. The molecule has 7 aromatic rings. The maximum atomic E-state index is 16.3. The molecule has 0 bridgehead atoms. The van der Waals surface area contributed by atoms with Gasteiger partial charge in [0.05, 0.1) is 58.5 Å². The Hall–Kier alpha value is -6.37. The van der Waals surface area contributed by atoms with Crippen LogP contribution in [0.2, 0.25) is 0 Å². The molecule has 73 heavy (non-hydrogen) atoms. The summed E-state index contributed by atoms with van der Waals surface area (Å²) in [6.07, 6.45) is -1.44. The van der Waals surface area contributed by atoms with Gasteiger partial charge in [-0.2, -0.15) is 0 Å². The molecule has 9 nitrogen and oxygen atoms in total.